The summed E-state index contributed by atoms with van der Waals surface area (Å²) in [4.78, 5) is 38.5. The molecule has 0 aliphatic carbocycles. The standard InChI is InChI=1S/C77H136O6/c1-4-7-10-13-16-19-22-25-28-30-32-34-36-38-40-42-44-46-49-52-55-58-61-64-67-70-76(79)82-73-74(72-81-75(78)69-66-63-60-57-54-51-48-27-24-21-18-15-12-9-6-3)83-77(80)71-68-65-62-59-56-53-50-47-45-43-41-39-37-35-33-31-29-26-23-20-17-14-11-8-5-2/h7,10,16,19,25,28,31-34,38,40,44,46,74H,4-6,8-9,11-15,17-18,20-24,26-27,29-30,35-37,39,41-43,45,47-73H2,1-3H3/b10-7-,19-16-,28-25-,33-31-,34-32-,40-38-,46-44-. The zero-order valence-corrected chi connectivity index (χ0v) is 55.2. The summed E-state index contributed by atoms with van der Waals surface area (Å²) in [6.07, 6.45) is 94.6. The van der Waals surface area contributed by atoms with E-state index in [1.807, 2.05) is 0 Å². The van der Waals surface area contributed by atoms with E-state index in [4.69, 9.17) is 14.2 Å². The Morgan fingerprint density at radius 3 is 0.747 bits per heavy atom. The van der Waals surface area contributed by atoms with Gasteiger partial charge in [0.25, 0.3) is 0 Å². The molecule has 6 nitrogen and oxygen atoms in total. The van der Waals surface area contributed by atoms with E-state index in [0.29, 0.717) is 19.3 Å². The molecule has 0 aliphatic heterocycles. The molecular weight excluding hydrogens is 1020 g/mol. The van der Waals surface area contributed by atoms with Crippen molar-refractivity contribution in [3.8, 4) is 0 Å². The quantitative estimate of drug-likeness (QED) is 0.0261. The first-order chi connectivity index (χ1) is 41.0. The van der Waals surface area contributed by atoms with Gasteiger partial charge >= 0.3 is 17.9 Å². The van der Waals surface area contributed by atoms with Crippen LogP contribution in [0.1, 0.15) is 367 Å². The van der Waals surface area contributed by atoms with Gasteiger partial charge in [-0.3, -0.25) is 14.4 Å². The van der Waals surface area contributed by atoms with Crippen molar-refractivity contribution in [3.05, 3.63) is 85.1 Å². The first kappa shape index (κ1) is 79.6. The predicted octanol–water partition coefficient (Wildman–Crippen LogP) is 25.0. The molecule has 0 rings (SSSR count). The van der Waals surface area contributed by atoms with Gasteiger partial charge in [-0.25, -0.2) is 0 Å². The summed E-state index contributed by atoms with van der Waals surface area (Å²) in [5, 5.41) is 0. The van der Waals surface area contributed by atoms with Gasteiger partial charge in [-0.1, -0.05) is 337 Å². The zero-order valence-electron chi connectivity index (χ0n) is 55.2. The van der Waals surface area contributed by atoms with Gasteiger partial charge in [0.2, 0.25) is 0 Å². The fourth-order valence-corrected chi connectivity index (χ4v) is 10.5. The van der Waals surface area contributed by atoms with Crippen molar-refractivity contribution >= 4 is 17.9 Å². The van der Waals surface area contributed by atoms with Crippen LogP contribution in [0.3, 0.4) is 0 Å². The molecule has 0 N–H and O–H groups in total. The molecule has 0 bridgehead atoms. The molecule has 0 heterocycles. The molecular formula is C77H136O6. The largest absolute Gasteiger partial charge is 0.462 e. The number of allylic oxidation sites excluding steroid dienone is 14. The Bertz CT molecular complexity index is 1570. The fourth-order valence-electron chi connectivity index (χ4n) is 10.5. The number of carbonyl (C=O) groups is 3. The molecule has 0 spiro atoms. The fraction of sp³-hybridized carbons (Fsp3) is 0.779. The van der Waals surface area contributed by atoms with Crippen LogP contribution in [0.4, 0.5) is 0 Å². The van der Waals surface area contributed by atoms with Crippen molar-refractivity contribution in [1.82, 2.24) is 0 Å². The molecule has 0 saturated heterocycles. The zero-order chi connectivity index (χ0) is 59.9. The van der Waals surface area contributed by atoms with Crippen molar-refractivity contribution in [1.29, 1.82) is 0 Å². The highest BCUT2D eigenvalue weighted by molar-refractivity contribution is 5.71. The number of ether oxygens (including phenoxy) is 3. The Kier molecular flexibility index (Phi) is 68.2. The highest BCUT2D eigenvalue weighted by Crippen LogP contribution is 2.18. The lowest BCUT2D eigenvalue weighted by Crippen LogP contribution is -2.30. The van der Waals surface area contributed by atoms with Gasteiger partial charge in [0.1, 0.15) is 13.2 Å². The maximum atomic E-state index is 13.0. The summed E-state index contributed by atoms with van der Waals surface area (Å²) in [6, 6.07) is 0. The van der Waals surface area contributed by atoms with Gasteiger partial charge in [0, 0.05) is 19.3 Å². The van der Waals surface area contributed by atoms with Gasteiger partial charge in [-0.15, -0.1) is 0 Å². The maximum Gasteiger partial charge on any atom is 0.306 e. The molecule has 1 atom stereocenters. The Morgan fingerprint density at radius 2 is 0.470 bits per heavy atom. The van der Waals surface area contributed by atoms with Crippen molar-refractivity contribution in [2.24, 2.45) is 0 Å². The second kappa shape index (κ2) is 71.1. The molecule has 0 aromatic carbocycles. The van der Waals surface area contributed by atoms with E-state index in [9.17, 15) is 14.4 Å². The van der Waals surface area contributed by atoms with Crippen molar-refractivity contribution in [3.63, 3.8) is 0 Å². The number of hydrogen-bond donors (Lipinski definition) is 0. The number of hydrogen-bond acceptors (Lipinski definition) is 6. The van der Waals surface area contributed by atoms with Crippen LogP contribution < -0.4 is 0 Å². The second-order valence-corrected chi connectivity index (χ2v) is 24.1. The van der Waals surface area contributed by atoms with Gasteiger partial charge in [0.05, 0.1) is 0 Å². The summed E-state index contributed by atoms with van der Waals surface area (Å²) >= 11 is 0. The maximum absolute atomic E-state index is 13.0. The first-order valence-electron chi connectivity index (χ1n) is 36.1. The minimum Gasteiger partial charge on any atom is -0.462 e. The number of rotatable bonds is 66. The minimum absolute atomic E-state index is 0.0771. The third-order valence-electron chi connectivity index (χ3n) is 15.9. The lowest BCUT2D eigenvalue weighted by Gasteiger charge is -2.18. The molecule has 480 valence electrons. The average molecular weight is 1160 g/mol. The van der Waals surface area contributed by atoms with Crippen LogP contribution in [0.2, 0.25) is 0 Å². The molecule has 0 aliphatic rings. The predicted molar refractivity (Wildman–Crippen MR) is 362 cm³/mol. The Hall–Kier alpha value is -3.41. The van der Waals surface area contributed by atoms with Crippen LogP contribution in [-0.2, 0) is 28.6 Å². The van der Waals surface area contributed by atoms with Gasteiger partial charge < -0.3 is 14.2 Å². The van der Waals surface area contributed by atoms with E-state index in [0.717, 1.165) is 103 Å². The van der Waals surface area contributed by atoms with Crippen molar-refractivity contribution in [2.45, 2.75) is 374 Å². The number of carbonyl (C=O) groups excluding carboxylic acids is 3. The summed E-state index contributed by atoms with van der Waals surface area (Å²) in [7, 11) is 0. The highest BCUT2D eigenvalue weighted by atomic mass is 16.6. The molecule has 6 heteroatoms. The van der Waals surface area contributed by atoms with Crippen LogP contribution in [0.5, 0.6) is 0 Å². The third kappa shape index (κ3) is 69.3. The molecule has 0 saturated carbocycles. The Balaban J connectivity index is 4.34. The van der Waals surface area contributed by atoms with E-state index in [1.54, 1.807) is 0 Å². The van der Waals surface area contributed by atoms with E-state index in [1.165, 1.54) is 225 Å². The van der Waals surface area contributed by atoms with Gasteiger partial charge in [-0.05, 0) is 96.3 Å². The summed E-state index contributed by atoms with van der Waals surface area (Å²) in [5.41, 5.74) is 0. The highest BCUT2D eigenvalue weighted by Gasteiger charge is 2.19. The SMILES string of the molecule is CC/C=C\C/C=C\C/C=C\C/C=C\C/C=C\C/C=C\CCCCCCCCC(=O)OCC(COC(=O)CCCCCCCCCCCCCCCCC)OC(=O)CCCCCCCCCCCCCCC/C=C\CCCCCCCCCC. The topological polar surface area (TPSA) is 78.9 Å². The molecule has 0 aromatic rings. The van der Waals surface area contributed by atoms with Gasteiger partial charge in [0.15, 0.2) is 6.10 Å². The lowest BCUT2D eigenvalue weighted by molar-refractivity contribution is -0.167. The second-order valence-electron chi connectivity index (χ2n) is 24.1. The van der Waals surface area contributed by atoms with E-state index in [-0.39, 0.29) is 31.1 Å². The van der Waals surface area contributed by atoms with E-state index >= 15 is 0 Å². The monoisotopic (exact) mass is 1160 g/mol. The van der Waals surface area contributed by atoms with Crippen LogP contribution in [0.15, 0.2) is 85.1 Å². The van der Waals surface area contributed by atoms with E-state index < -0.39 is 6.10 Å². The molecule has 0 radical (unpaired) electrons. The van der Waals surface area contributed by atoms with Crippen LogP contribution >= 0.6 is 0 Å². The molecule has 0 amide bonds. The average Bonchev–Trinajstić information content (AvgIpc) is 3.49. The van der Waals surface area contributed by atoms with Crippen LogP contribution in [-0.4, -0.2) is 37.2 Å². The Morgan fingerprint density at radius 1 is 0.253 bits per heavy atom. The minimum atomic E-state index is -0.783. The number of unbranched alkanes of at least 4 members (excludes halogenated alkanes) is 41. The van der Waals surface area contributed by atoms with Crippen molar-refractivity contribution in [2.75, 3.05) is 13.2 Å². The molecule has 1 unspecified atom stereocenters. The third-order valence-corrected chi connectivity index (χ3v) is 15.9. The summed E-state index contributed by atoms with van der Waals surface area (Å²) in [5.74, 6) is -0.871. The van der Waals surface area contributed by atoms with Gasteiger partial charge in [-0.2, -0.15) is 0 Å². The smallest absolute Gasteiger partial charge is 0.306 e. The molecule has 83 heavy (non-hydrogen) atoms. The normalized spacial score (nSPS) is 12.6. The lowest BCUT2D eigenvalue weighted by atomic mass is 10.0. The molecule has 0 aromatic heterocycles. The van der Waals surface area contributed by atoms with E-state index in [2.05, 4.69) is 106 Å². The van der Waals surface area contributed by atoms with Crippen LogP contribution in [0, 0.1) is 0 Å². The Labute approximate surface area is 515 Å². The van der Waals surface area contributed by atoms with Crippen molar-refractivity contribution < 1.29 is 28.6 Å². The molecule has 0 fully saturated rings. The number of esters is 3. The first-order valence-corrected chi connectivity index (χ1v) is 36.1. The van der Waals surface area contributed by atoms with Crippen LogP contribution in [0.25, 0.3) is 0 Å². The summed E-state index contributed by atoms with van der Waals surface area (Å²) in [6.45, 7) is 6.57. The summed E-state index contributed by atoms with van der Waals surface area (Å²) < 4.78 is 17.0.